The molecule has 0 aromatic carbocycles. The highest BCUT2D eigenvalue weighted by Gasteiger charge is 2.17. The van der Waals surface area contributed by atoms with Gasteiger partial charge in [0.2, 0.25) is 11.8 Å². The summed E-state index contributed by atoms with van der Waals surface area (Å²) in [7, 11) is 1.63. The molecule has 17 heavy (non-hydrogen) atoms. The number of likely N-dealkylation sites (N-methyl/N-ethyl adjacent to an activating group) is 1. The lowest BCUT2D eigenvalue weighted by molar-refractivity contribution is -0.135. The molecule has 0 aromatic heterocycles. The molecule has 0 aliphatic heterocycles. The molecule has 2 amide bonds. The molecule has 5 heteroatoms. The summed E-state index contributed by atoms with van der Waals surface area (Å²) in [5, 5.41) is 2.73. The first-order valence-corrected chi connectivity index (χ1v) is 6.14. The normalized spacial score (nSPS) is 12.4. The number of nitrogens with two attached hydrogens (primary N) is 1. The average molecular weight is 243 g/mol. The van der Waals surface area contributed by atoms with Crippen molar-refractivity contribution in [3.63, 3.8) is 0 Å². The van der Waals surface area contributed by atoms with E-state index in [1.807, 2.05) is 20.8 Å². The van der Waals surface area contributed by atoms with Gasteiger partial charge in [-0.15, -0.1) is 0 Å². The van der Waals surface area contributed by atoms with Crippen molar-refractivity contribution < 1.29 is 9.59 Å². The standard InChI is InChI=1S/C12H25N3O2/c1-5-6-14-11(16)8-15(4)12(17)7-10(13)9(2)3/h9-10H,5-8,13H2,1-4H3,(H,14,16). The van der Waals surface area contributed by atoms with Gasteiger partial charge in [-0.1, -0.05) is 20.8 Å². The monoisotopic (exact) mass is 243 g/mol. The lowest BCUT2D eigenvalue weighted by Crippen LogP contribution is -2.41. The minimum atomic E-state index is -0.149. The second-order valence-electron chi connectivity index (χ2n) is 4.71. The van der Waals surface area contributed by atoms with E-state index in [2.05, 4.69) is 5.32 Å². The number of nitrogens with one attached hydrogen (secondary N) is 1. The zero-order chi connectivity index (χ0) is 13.4. The van der Waals surface area contributed by atoms with Gasteiger partial charge < -0.3 is 16.0 Å². The first kappa shape index (κ1) is 15.9. The third-order valence-corrected chi connectivity index (χ3v) is 2.65. The molecular weight excluding hydrogens is 218 g/mol. The first-order valence-electron chi connectivity index (χ1n) is 6.14. The van der Waals surface area contributed by atoms with Crippen LogP contribution in [0.2, 0.25) is 0 Å². The zero-order valence-electron chi connectivity index (χ0n) is 11.3. The smallest absolute Gasteiger partial charge is 0.239 e. The molecule has 5 nitrogen and oxygen atoms in total. The second-order valence-corrected chi connectivity index (χ2v) is 4.71. The number of rotatable bonds is 7. The Labute approximate surface area is 104 Å². The Morgan fingerprint density at radius 3 is 2.41 bits per heavy atom. The van der Waals surface area contributed by atoms with Crippen LogP contribution in [0, 0.1) is 5.92 Å². The fraction of sp³-hybridized carbons (Fsp3) is 0.833. The summed E-state index contributed by atoms with van der Waals surface area (Å²) in [5.74, 6) is 0.0555. The van der Waals surface area contributed by atoms with Crippen LogP contribution in [-0.2, 0) is 9.59 Å². The van der Waals surface area contributed by atoms with Crippen LogP contribution in [0.15, 0.2) is 0 Å². The lowest BCUT2D eigenvalue weighted by Gasteiger charge is -2.20. The van der Waals surface area contributed by atoms with E-state index in [0.29, 0.717) is 6.54 Å². The molecule has 1 unspecified atom stereocenters. The van der Waals surface area contributed by atoms with E-state index >= 15 is 0 Å². The third kappa shape index (κ3) is 6.94. The Morgan fingerprint density at radius 1 is 1.35 bits per heavy atom. The zero-order valence-corrected chi connectivity index (χ0v) is 11.3. The van der Waals surface area contributed by atoms with E-state index in [9.17, 15) is 9.59 Å². The van der Waals surface area contributed by atoms with Gasteiger partial charge in [-0.05, 0) is 12.3 Å². The highest BCUT2D eigenvalue weighted by atomic mass is 16.2. The SMILES string of the molecule is CCCNC(=O)CN(C)C(=O)CC(N)C(C)C. The molecule has 0 aromatic rings. The molecule has 0 spiro atoms. The predicted octanol–water partition coefficient (Wildman–Crippen LogP) is 0.344. The third-order valence-electron chi connectivity index (χ3n) is 2.65. The van der Waals surface area contributed by atoms with Crippen molar-refractivity contribution in [2.45, 2.75) is 39.7 Å². The number of hydrogen-bond donors (Lipinski definition) is 2. The van der Waals surface area contributed by atoms with Crippen LogP contribution in [0.5, 0.6) is 0 Å². The van der Waals surface area contributed by atoms with Crippen molar-refractivity contribution >= 4 is 11.8 Å². The van der Waals surface area contributed by atoms with Gasteiger partial charge in [0.25, 0.3) is 0 Å². The molecule has 0 saturated heterocycles. The van der Waals surface area contributed by atoms with E-state index in [0.717, 1.165) is 6.42 Å². The average Bonchev–Trinajstić information content (AvgIpc) is 2.25. The van der Waals surface area contributed by atoms with E-state index < -0.39 is 0 Å². The minimum absolute atomic E-state index is 0.0853. The van der Waals surface area contributed by atoms with Crippen molar-refractivity contribution in [2.75, 3.05) is 20.1 Å². The quantitative estimate of drug-likeness (QED) is 0.677. The van der Waals surface area contributed by atoms with Gasteiger partial charge in [0, 0.05) is 26.1 Å². The highest BCUT2D eigenvalue weighted by Crippen LogP contribution is 2.04. The molecule has 0 aliphatic rings. The van der Waals surface area contributed by atoms with Gasteiger partial charge >= 0.3 is 0 Å². The first-order chi connectivity index (χ1) is 7.88. The fourth-order valence-electron chi connectivity index (χ4n) is 1.22. The highest BCUT2D eigenvalue weighted by molar-refractivity contribution is 5.84. The van der Waals surface area contributed by atoms with Gasteiger partial charge in [-0.25, -0.2) is 0 Å². The molecule has 1 atom stereocenters. The molecule has 0 radical (unpaired) electrons. The number of carbonyl (C=O) groups is 2. The van der Waals surface area contributed by atoms with E-state index in [1.54, 1.807) is 7.05 Å². The Morgan fingerprint density at radius 2 is 1.94 bits per heavy atom. The summed E-state index contributed by atoms with van der Waals surface area (Å²) in [6, 6.07) is -0.149. The summed E-state index contributed by atoms with van der Waals surface area (Å²) in [6.45, 7) is 6.69. The molecular formula is C12H25N3O2. The van der Waals surface area contributed by atoms with Crippen LogP contribution in [0.1, 0.15) is 33.6 Å². The van der Waals surface area contributed by atoms with Crippen molar-refractivity contribution in [1.29, 1.82) is 0 Å². The summed E-state index contributed by atoms with van der Waals surface area (Å²) in [6.07, 6.45) is 1.18. The molecule has 3 N–H and O–H groups in total. The van der Waals surface area contributed by atoms with Crippen molar-refractivity contribution in [2.24, 2.45) is 11.7 Å². The summed E-state index contributed by atoms with van der Waals surface area (Å²) >= 11 is 0. The maximum atomic E-state index is 11.7. The second kappa shape index (κ2) is 8.06. The van der Waals surface area contributed by atoms with Gasteiger partial charge in [0.1, 0.15) is 0 Å². The van der Waals surface area contributed by atoms with E-state index in [1.165, 1.54) is 4.90 Å². The summed E-state index contributed by atoms with van der Waals surface area (Å²) in [5.41, 5.74) is 5.82. The Hall–Kier alpha value is -1.10. The van der Waals surface area contributed by atoms with Crippen LogP contribution in [0.3, 0.4) is 0 Å². The Bertz CT molecular complexity index is 254. The van der Waals surface area contributed by atoms with Crippen LogP contribution in [0.25, 0.3) is 0 Å². The number of nitrogens with zero attached hydrogens (tertiary/aromatic N) is 1. The predicted molar refractivity (Wildman–Crippen MR) is 68.4 cm³/mol. The maximum Gasteiger partial charge on any atom is 0.239 e. The molecule has 0 saturated carbocycles. The minimum Gasteiger partial charge on any atom is -0.355 e. The Balaban J connectivity index is 4.01. The fourth-order valence-corrected chi connectivity index (χ4v) is 1.22. The van der Waals surface area contributed by atoms with Gasteiger partial charge in [-0.2, -0.15) is 0 Å². The van der Waals surface area contributed by atoms with Gasteiger partial charge in [-0.3, -0.25) is 9.59 Å². The molecule has 100 valence electrons. The molecule has 0 rings (SSSR count). The van der Waals surface area contributed by atoms with Crippen molar-refractivity contribution in [1.82, 2.24) is 10.2 Å². The number of amides is 2. The van der Waals surface area contributed by atoms with E-state index in [4.69, 9.17) is 5.73 Å². The molecule has 0 bridgehead atoms. The van der Waals surface area contributed by atoms with Crippen LogP contribution in [0.4, 0.5) is 0 Å². The molecule has 0 fully saturated rings. The maximum absolute atomic E-state index is 11.7. The molecule has 0 heterocycles. The lowest BCUT2D eigenvalue weighted by atomic mass is 10.0. The van der Waals surface area contributed by atoms with Crippen molar-refractivity contribution in [3.05, 3.63) is 0 Å². The van der Waals surface area contributed by atoms with Crippen LogP contribution >= 0.6 is 0 Å². The van der Waals surface area contributed by atoms with Crippen molar-refractivity contribution in [3.8, 4) is 0 Å². The van der Waals surface area contributed by atoms with Crippen LogP contribution < -0.4 is 11.1 Å². The number of carbonyl (C=O) groups excluding carboxylic acids is 2. The van der Waals surface area contributed by atoms with Gasteiger partial charge in [0.15, 0.2) is 0 Å². The summed E-state index contributed by atoms with van der Waals surface area (Å²) in [4.78, 5) is 24.6. The van der Waals surface area contributed by atoms with Gasteiger partial charge in [0.05, 0.1) is 6.54 Å². The summed E-state index contributed by atoms with van der Waals surface area (Å²) < 4.78 is 0. The van der Waals surface area contributed by atoms with Crippen LogP contribution in [-0.4, -0.2) is 42.9 Å². The van der Waals surface area contributed by atoms with E-state index in [-0.39, 0.29) is 36.7 Å². The molecule has 0 aliphatic carbocycles. The Kier molecular flexibility index (Phi) is 7.54. The topological polar surface area (TPSA) is 75.4 Å². The number of hydrogen-bond acceptors (Lipinski definition) is 3. The largest absolute Gasteiger partial charge is 0.355 e.